The number of nitrogens with one attached hydrogen (secondary N) is 1. The second-order valence-corrected chi connectivity index (χ2v) is 7.65. The number of aromatic nitrogens is 2. The number of imidazole rings is 1. The summed E-state index contributed by atoms with van der Waals surface area (Å²) in [5.41, 5.74) is 1.15. The first-order valence-electron chi connectivity index (χ1n) is 7.18. The molecule has 1 aromatic heterocycles. The maximum atomic E-state index is 12.4. The highest BCUT2D eigenvalue weighted by molar-refractivity contribution is 7.89. The Labute approximate surface area is 142 Å². The van der Waals surface area contributed by atoms with E-state index in [1.54, 1.807) is 7.05 Å². The molecule has 2 aromatic rings. The molecule has 2 rings (SSSR count). The number of hydrogen-bond acceptors (Lipinski definition) is 4. The molecular weight excluding hydrogens is 336 g/mol. The van der Waals surface area contributed by atoms with Gasteiger partial charge in [-0.3, -0.25) is 0 Å². The molecule has 0 bridgehead atoms. The molecule has 0 saturated carbocycles. The van der Waals surface area contributed by atoms with Crippen LogP contribution in [0.5, 0.6) is 0 Å². The van der Waals surface area contributed by atoms with Gasteiger partial charge in [0.15, 0.2) is 0 Å². The van der Waals surface area contributed by atoms with Crippen molar-refractivity contribution in [3.8, 4) is 0 Å². The van der Waals surface area contributed by atoms with E-state index in [-0.39, 0.29) is 22.8 Å². The number of rotatable bonds is 7. The summed E-state index contributed by atoms with van der Waals surface area (Å²) in [6.07, 6.45) is 2.12. The van der Waals surface area contributed by atoms with Gasteiger partial charge in [-0.2, -0.15) is 0 Å². The molecular formula is C15H21ClN4O2S. The molecule has 1 N–H and O–H groups in total. The predicted octanol–water partition coefficient (Wildman–Crippen LogP) is 1.52. The monoisotopic (exact) mass is 356 g/mol. The van der Waals surface area contributed by atoms with Crippen molar-refractivity contribution in [3.63, 3.8) is 0 Å². The van der Waals surface area contributed by atoms with E-state index in [0.29, 0.717) is 0 Å². The lowest BCUT2D eigenvalue weighted by Crippen LogP contribution is -2.41. The van der Waals surface area contributed by atoms with Gasteiger partial charge in [0.1, 0.15) is 5.15 Å². The number of benzene rings is 1. The topological polar surface area (TPSA) is 67.2 Å². The number of sulfonamides is 1. The molecule has 0 aliphatic heterocycles. The summed E-state index contributed by atoms with van der Waals surface area (Å²) in [5, 5.41) is -0.0409. The van der Waals surface area contributed by atoms with Crippen molar-refractivity contribution in [3.05, 3.63) is 47.4 Å². The number of hydrogen-bond donors (Lipinski definition) is 1. The van der Waals surface area contributed by atoms with Crippen LogP contribution in [-0.4, -0.2) is 49.6 Å². The molecule has 0 fully saturated rings. The number of aryl methyl sites for hydroxylation is 1. The van der Waals surface area contributed by atoms with Gasteiger partial charge in [-0.05, 0) is 26.1 Å². The van der Waals surface area contributed by atoms with E-state index in [1.807, 2.05) is 49.3 Å². The Bertz CT molecular complexity index is 744. The lowest BCUT2D eigenvalue weighted by atomic mass is 10.1. The van der Waals surface area contributed by atoms with Crippen LogP contribution in [0.4, 0.5) is 0 Å². The summed E-state index contributed by atoms with van der Waals surface area (Å²) in [5.74, 6) is 0. The lowest BCUT2D eigenvalue weighted by molar-refractivity contribution is 0.291. The van der Waals surface area contributed by atoms with Gasteiger partial charge < -0.3 is 9.47 Å². The van der Waals surface area contributed by atoms with E-state index in [2.05, 4.69) is 9.71 Å². The zero-order valence-electron chi connectivity index (χ0n) is 13.4. The van der Waals surface area contributed by atoms with Gasteiger partial charge in [0.05, 0.1) is 6.33 Å². The van der Waals surface area contributed by atoms with Crippen LogP contribution < -0.4 is 4.72 Å². The summed E-state index contributed by atoms with van der Waals surface area (Å²) < 4.78 is 28.8. The Hall–Kier alpha value is -1.41. The van der Waals surface area contributed by atoms with Crippen LogP contribution in [-0.2, 0) is 23.5 Å². The Morgan fingerprint density at radius 3 is 2.48 bits per heavy atom. The van der Waals surface area contributed by atoms with Gasteiger partial charge >= 0.3 is 0 Å². The molecule has 6 nitrogen and oxygen atoms in total. The molecule has 23 heavy (non-hydrogen) atoms. The van der Waals surface area contributed by atoms with Crippen LogP contribution in [0.15, 0.2) is 41.7 Å². The first kappa shape index (κ1) is 17.9. The predicted molar refractivity (Wildman–Crippen MR) is 91.0 cm³/mol. The zero-order chi connectivity index (χ0) is 17.0. The number of likely N-dealkylation sites (N-methyl/N-ethyl adjacent to an activating group) is 1. The van der Waals surface area contributed by atoms with Crippen LogP contribution in [0.3, 0.4) is 0 Å². The summed E-state index contributed by atoms with van der Waals surface area (Å²) in [7, 11) is 1.77. The molecule has 0 aliphatic carbocycles. The first-order valence-corrected chi connectivity index (χ1v) is 9.04. The molecule has 8 heteroatoms. The molecule has 0 aliphatic rings. The maximum absolute atomic E-state index is 12.4. The minimum Gasteiger partial charge on any atom is -0.324 e. The fraction of sp³-hybridized carbons (Fsp3) is 0.400. The summed E-state index contributed by atoms with van der Waals surface area (Å²) in [4.78, 5) is 5.86. The minimum absolute atomic E-state index is 0.0228. The van der Waals surface area contributed by atoms with Crippen LogP contribution in [0.1, 0.15) is 5.56 Å². The Kier molecular flexibility index (Phi) is 5.80. The third kappa shape index (κ3) is 4.54. The molecule has 1 atom stereocenters. The van der Waals surface area contributed by atoms with Crippen LogP contribution in [0, 0.1) is 0 Å². The molecule has 126 valence electrons. The highest BCUT2D eigenvalue weighted by Crippen LogP contribution is 2.18. The van der Waals surface area contributed by atoms with Gasteiger partial charge in [0, 0.05) is 19.6 Å². The average Bonchev–Trinajstić information content (AvgIpc) is 2.85. The number of nitrogens with zero attached hydrogens (tertiary/aromatic N) is 3. The van der Waals surface area contributed by atoms with Crippen molar-refractivity contribution in [2.45, 2.75) is 17.5 Å². The second-order valence-electron chi connectivity index (χ2n) is 5.61. The second kappa shape index (κ2) is 7.44. The van der Waals surface area contributed by atoms with E-state index < -0.39 is 10.0 Å². The fourth-order valence-electron chi connectivity index (χ4n) is 2.17. The fourth-order valence-corrected chi connectivity index (χ4v) is 3.67. The minimum atomic E-state index is -3.73. The number of halogens is 1. The van der Waals surface area contributed by atoms with Crippen molar-refractivity contribution in [1.29, 1.82) is 0 Å². The quantitative estimate of drug-likeness (QED) is 0.816. The van der Waals surface area contributed by atoms with Crippen molar-refractivity contribution in [2.24, 2.45) is 7.05 Å². The molecule has 1 heterocycles. The molecule has 1 unspecified atom stereocenters. The molecule has 0 amide bonds. The highest BCUT2D eigenvalue weighted by atomic mass is 35.5. The van der Waals surface area contributed by atoms with Crippen LogP contribution >= 0.6 is 11.6 Å². The Balaban J connectivity index is 2.08. The largest absolute Gasteiger partial charge is 0.324 e. The molecule has 0 saturated heterocycles. The normalized spacial score (nSPS) is 13.4. The average molecular weight is 357 g/mol. The molecule has 0 radical (unpaired) electrons. The van der Waals surface area contributed by atoms with Gasteiger partial charge in [-0.1, -0.05) is 41.9 Å². The molecule has 1 aromatic carbocycles. The first-order chi connectivity index (χ1) is 10.8. The van der Waals surface area contributed by atoms with Crippen molar-refractivity contribution in [1.82, 2.24) is 19.2 Å². The maximum Gasteiger partial charge on any atom is 0.261 e. The van der Waals surface area contributed by atoms with Gasteiger partial charge in [-0.25, -0.2) is 18.1 Å². The Morgan fingerprint density at radius 1 is 1.30 bits per heavy atom. The summed E-state index contributed by atoms with van der Waals surface area (Å²) in [6, 6.07) is 9.98. The highest BCUT2D eigenvalue weighted by Gasteiger charge is 2.24. The summed E-state index contributed by atoms with van der Waals surface area (Å²) >= 11 is 5.97. The van der Waals surface area contributed by atoms with E-state index in [9.17, 15) is 8.42 Å². The van der Waals surface area contributed by atoms with E-state index in [4.69, 9.17) is 11.6 Å². The van der Waals surface area contributed by atoms with E-state index in [1.165, 1.54) is 10.9 Å². The zero-order valence-corrected chi connectivity index (χ0v) is 15.0. The van der Waals surface area contributed by atoms with Gasteiger partial charge in [0.2, 0.25) is 5.03 Å². The Morgan fingerprint density at radius 2 is 1.96 bits per heavy atom. The van der Waals surface area contributed by atoms with Gasteiger partial charge in [0.25, 0.3) is 10.0 Å². The van der Waals surface area contributed by atoms with Gasteiger partial charge in [-0.15, -0.1) is 0 Å². The third-order valence-corrected chi connectivity index (χ3v) is 5.55. The van der Waals surface area contributed by atoms with Crippen LogP contribution in [0.2, 0.25) is 5.15 Å². The SMILES string of the molecule is CN(C)C(CNS(=O)(=O)c1ncn(C)c1Cl)Cc1ccccc1. The van der Waals surface area contributed by atoms with E-state index >= 15 is 0 Å². The van der Waals surface area contributed by atoms with Crippen LogP contribution in [0.25, 0.3) is 0 Å². The summed E-state index contributed by atoms with van der Waals surface area (Å²) in [6.45, 7) is 0.275. The molecule has 0 spiro atoms. The van der Waals surface area contributed by atoms with Crippen molar-refractivity contribution >= 4 is 21.6 Å². The lowest BCUT2D eigenvalue weighted by Gasteiger charge is -2.24. The smallest absolute Gasteiger partial charge is 0.261 e. The third-order valence-electron chi connectivity index (χ3n) is 3.64. The van der Waals surface area contributed by atoms with Crippen molar-refractivity contribution in [2.75, 3.05) is 20.6 Å². The van der Waals surface area contributed by atoms with E-state index in [0.717, 1.165) is 12.0 Å². The van der Waals surface area contributed by atoms with Crippen molar-refractivity contribution < 1.29 is 8.42 Å². The standard InChI is InChI=1S/C15H21ClN4O2S/c1-19(2)13(9-12-7-5-4-6-8-12)10-18-23(21,22)15-14(16)20(3)11-17-15/h4-8,11,13,18H,9-10H2,1-3H3.